The Bertz CT molecular complexity index is 1180. The fourth-order valence-corrected chi connectivity index (χ4v) is 3.93. The van der Waals surface area contributed by atoms with Gasteiger partial charge in [-0.25, -0.2) is 4.98 Å². The molecule has 1 aromatic heterocycles. The van der Waals surface area contributed by atoms with Gasteiger partial charge in [-0.1, -0.05) is 6.07 Å². The van der Waals surface area contributed by atoms with Crippen molar-refractivity contribution >= 4 is 34.4 Å². The summed E-state index contributed by atoms with van der Waals surface area (Å²) >= 11 is 1.41. The first-order valence-electron chi connectivity index (χ1n) is 9.78. The van der Waals surface area contributed by atoms with Crippen LogP contribution in [0.15, 0.2) is 42.5 Å². The zero-order valence-electron chi connectivity index (χ0n) is 18.5. The third-order valence-electron chi connectivity index (χ3n) is 4.56. The number of esters is 1. The first-order chi connectivity index (χ1) is 15.3. The molecule has 1 amide bonds. The van der Waals surface area contributed by atoms with Gasteiger partial charge in [0.1, 0.15) is 5.75 Å². The van der Waals surface area contributed by atoms with Crippen LogP contribution in [0.25, 0.3) is 17.3 Å². The van der Waals surface area contributed by atoms with E-state index in [1.165, 1.54) is 31.4 Å². The van der Waals surface area contributed by atoms with E-state index < -0.39 is 5.97 Å². The van der Waals surface area contributed by atoms with E-state index in [0.717, 1.165) is 33.0 Å². The van der Waals surface area contributed by atoms with E-state index in [9.17, 15) is 9.59 Å². The van der Waals surface area contributed by atoms with Crippen LogP contribution in [-0.4, -0.2) is 31.1 Å². The third kappa shape index (κ3) is 5.53. The van der Waals surface area contributed by atoms with Crippen molar-refractivity contribution in [2.24, 2.45) is 0 Å². The molecule has 32 heavy (non-hydrogen) atoms. The number of nitrogens with zero attached hydrogens (tertiary/aromatic N) is 1. The lowest BCUT2D eigenvalue weighted by molar-refractivity contribution is -0.132. The zero-order chi connectivity index (χ0) is 23.3. The zero-order valence-corrected chi connectivity index (χ0v) is 19.3. The molecule has 0 aliphatic rings. The SMILES string of the molecule is COc1ccc(-c2nc(NC(=O)/C=C/c3ccc(OC(C)=O)c(OC)c3)sc2C)cc1C. The van der Waals surface area contributed by atoms with E-state index in [0.29, 0.717) is 16.6 Å². The fraction of sp³-hybridized carbons (Fsp3) is 0.208. The molecular formula is C24H24N2O5S. The van der Waals surface area contributed by atoms with Crippen molar-refractivity contribution in [3.8, 4) is 28.5 Å². The number of aryl methyl sites for hydroxylation is 2. The summed E-state index contributed by atoms with van der Waals surface area (Å²) in [5, 5.41) is 3.32. The van der Waals surface area contributed by atoms with Crippen molar-refractivity contribution in [2.75, 3.05) is 19.5 Å². The highest BCUT2D eigenvalue weighted by molar-refractivity contribution is 7.16. The maximum Gasteiger partial charge on any atom is 0.308 e. The average molecular weight is 453 g/mol. The van der Waals surface area contributed by atoms with Crippen molar-refractivity contribution in [1.29, 1.82) is 0 Å². The molecular weight excluding hydrogens is 428 g/mol. The Morgan fingerprint density at radius 2 is 1.72 bits per heavy atom. The number of benzene rings is 2. The second-order valence-corrected chi connectivity index (χ2v) is 8.14. The van der Waals surface area contributed by atoms with Crippen LogP contribution >= 0.6 is 11.3 Å². The molecule has 0 spiro atoms. The number of ether oxygens (including phenoxy) is 3. The average Bonchev–Trinajstić information content (AvgIpc) is 3.12. The molecule has 3 rings (SSSR count). The van der Waals surface area contributed by atoms with Gasteiger partial charge in [0.25, 0.3) is 0 Å². The van der Waals surface area contributed by atoms with Crippen LogP contribution in [0, 0.1) is 13.8 Å². The lowest BCUT2D eigenvalue weighted by Crippen LogP contribution is -2.07. The summed E-state index contributed by atoms with van der Waals surface area (Å²) < 4.78 is 15.6. The van der Waals surface area contributed by atoms with Crippen LogP contribution in [0.5, 0.6) is 17.2 Å². The monoisotopic (exact) mass is 452 g/mol. The number of methoxy groups -OCH3 is 2. The summed E-state index contributed by atoms with van der Waals surface area (Å²) in [5.74, 6) is 0.796. The minimum atomic E-state index is -0.436. The first-order valence-corrected chi connectivity index (χ1v) is 10.6. The molecule has 3 aromatic rings. The second-order valence-electron chi connectivity index (χ2n) is 6.93. The Morgan fingerprint density at radius 1 is 1.00 bits per heavy atom. The molecule has 2 aromatic carbocycles. The predicted octanol–water partition coefficient (Wildman–Crippen LogP) is 5.02. The van der Waals surface area contributed by atoms with E-state index in [-0.39, 0.29) is 5.91 Å². The maximum atomic E-state index is 12.4. The smallest absolute Gasteiger partial charge is 0.308 e. The molecule has 0 unspecified atom stereocenters. The summed E-state index contributed by atoms with van der Waals surface area (Å²) in [6.45, 7) is 5.26. The van der Waals surface area contributed by atoms with Crippen LogP contribution in [0.1, 0.15) is 22.9 Å². The van der Waals surface area contributed by atoms with Crippen molar-refractivity contribution < 1.29 is 23.8 Å². The Labute approximate surface area is 190 Å². The van der Waals surface area contributed by atoms with Crippen molar-refractivity contribution in [3.05, 3.63) is 58.5 Å². The molecule has 0 aliphatic carbocycles. The Morgan fingerprint density at radius 3 is 2.38 bits per heavy atom. The maximum absolute atomic E-state index is 12.4. The highest BCUT2D eigenvalue weighted by Gasteiger charge is 2.13. The van der Waals surface area contributed by atoms with Crippen LogP contribution in [0.2, 0.25) is 0 Å². The Balaban J connectivity index is 1.72. The number of amides is 1. The van der Waals surface area contributed by atoms with Crippen LogP contribution in [-0.2, 0) is 9.59 Å². The highest BCUT2D eigenvalue weighted by Crippen LogP contribution is 2.33. The summed E-state index contributed by atoms with van der Waals surface area (Å²) in [7, 11) is 3.12. The minimum absolute atomic E-state index is 0.306. The highest BCUT2D eigenvalue weighted by atomic mass is 32.1. The number of aromatic nitrogens is 1. The summed E-state index contributed by atoms with van der Waals surface area (Å²) in [5.41, 5.74) is 3.53. The quantitative estimate of drug-likeness (QED) is 0.308. The fourth-order valence-electron chi connectivity index (χ4n) is 3.09. The normalized spacial score (nSPS) is 10.8. The number of rotatable bonds is 7. The molecule has 0 fully saturated rings. The lowest BCUT2D eigenvalue weighted by Gasteiger charge is -2.08. The van der Waals surface area contributed by atoms with E-state index >= 15 is 0 Å². The van der Waals surface area contributed by atoms with Crippen molar-refractivity contribution in [2.45, 2.75) is 20.8 Å². The van der Waals surface area contributed by atoms with E-state index in [1.807, 2.05) is 32.0 Å². The molecule has 0 radical (unpaired) electrons. The van der Waals surface area contributed by atoms with E-state index in [4.69, 9.17) is 14.2 Å². The van der Waals surface area contributed by atoms with Gasteiger partial charge in [0.2, 0.25) is 5.91 Å². The molecule has 0 bridgehead atoms. The van der Waals surface area contributed by atoms with E-state index in [1.54, 1.807) is 31.4 Å². The third-order valence-corrected chi connectivity index (χ3v) is 5.45. The molecule has 0 atom stereocenters. The van der Waals surface area contributed by atoms with Gasteiger partial charge in [0.15, 0.2) is 16.6 Å². The molecule has 1 heterocycles. The van der Waals surface area contributed by atoms with Gasteiger partial charge in [-0.05, 0) is 61.4 Å². The van der Waals surface area contributed by atoms with Gasteiger partial charge < -0.3 is 14.2 Å². The number of carbonyl (C=O) groups excluding carboxylic acids is 2. The van der Waals surface area contributed by atoms with Gasteiger partial charge in [-0.3, -0.25) is 14.9 Å². The minimum Gasteiger partial charge on any atom is -0.496 e. The van der Waals surface area contributed by atoms with Crippen LogP contribution in [0.3, 0.4) is 0 Å². The molecule has 0 saturated heterocycles. The van der Waals surface area contributed by atoms with Gasteiger partial charge in [0.05, 0.1) is 19.9 Å². The molecule has 166 valence electrons. The number of thiazole rings is 1. The summed E-state index contributed by atoms with van der Waals surface area (Å²) in [6.07, 6.45) is 3.05. The molecule has 7 nitrogen and oxygen atoms in total. The van der Waals surface area contributed by atoms with Gasteiger partial charge in [-0.2, -0.15) is 0 Å². The van der Waals surface area contributed by atoms with Gasteiger partial charge in [-0.15, -0.1) is 11.3 Å². The summed E-state index contributed by atoms with van der Waals surface area (Å²) in [6, 6.07) is 10.9. The topological polar surface area (TPSA) is 86.8 Å². The molecule has 8 heteroatoms. The number of hydrogen-bond acceptors (Lipinski definition) is 7. The number of hydrogen-bond donors (Lipinski definition) is 1. The largest absolute Gasteiger partial charge is 0.496 e. The van der Waals surface area contributed by atoms with Gasteiger partial charge >= 0.3 is 5.97 Å². The Hall–Kier alpha value is -3.65. The van der Waals surface area contributed by atoms with Crippen LogP contribution < -0.4 is 19.5 Å². The Kier molecular flexibility index (Phi) is 7.27. The van der Waals surface area contributed by atoms with Crippen molar-refractivity contribution in [1.82, 2.24) is 4.98 Å². The van der Waals surface area contributed by atoms with Crippen LogP contribution in [0.4, 0.5) is 5.13 Å². The second kappa shape index (κ2) is 10.1. The molecule has 0 aliphatic heterocycles. The standard InChI is InChI=1S/C24H24N2O5S/c1-14-12-18(8-10-19(14)29-4)23-15(2)32-24(26-23)25-22(28)11-7-17-6-9-20(31-16(3)27)21(13-17)30-5/h6-13H,1-5H3,(H,25,26,28)/b11-7+. The lowest BCUT2D eigenvalue weighted by atomic mass is 10.1. The molecule has 0 saturated carbocycles. The number of nitrogens with one attached hydrogen (secondary N) is 1. The van der Waals surface area contributed by atoms with Gasteiger partial charge in [0, 0.05) is 23.4 Å². The molecule has 1 N–H and O–H groups in total. The first kappa shape index (κ1) is 23.0. The van der Waals surface area contributed by atoms with E-state index in [2.05, 4.69) is 10.3 Å². The number of carbonyl (C=O) groups is 2. The predicted molar refractivity (Wildman–Crippen MR) is 126 cm³/mol. The summed E-state index contributed by atoms with van der Waals surface area (Å²) in [4.78, 5) is 29.1. The number of anilines is 1. The van der Waals surface area contributed by atoms with Crippen molar-refractivity contribution in [3.63, 3.8) is 0 Å².